The third kappa shape index (κ3) is 4.72. The minimum Gasteiger partial charge on any atom is -0.354 e. The SMILES string of the molecule is CN=C(NCc1ccccc1Cn1cccn1)NC1CC1.I. The Balaban J connectivity index is 0.00000176. The summed E-state index contributed by atoms with van der Waals surface area (Å²) in [7, 11) is 1.81. The molecule has 1 aliphatic rings. The molecule has 0 bridgehead atoms. The van der Waals surface area contributed by atoms with Crippen LogP contribution in [0.4, 0.5) is 0 Å². The van der Waals surface area contributed by atoms with E-state index < -0.39 is 0 Å². The van der Waals surface area contributed by atoms with Crippen molar-refractivity contribution in [2.24, 2.45) is 4.99 Å². The van der Waals surface area contributed by atoms with E-state index in [9.17, 15) is 0 Å². The third-order valence-electron chi connectivity index (χ3n) is 3.60. The summed E-state index contributed by atoms with van der Waals surface area (Å²) < 4.78 is 1.94. The molecule has 0 saturated heterocycles. The molecule has 2 aromatic rings. The minimum absolute atomic E-state index is 0. The van der Waals surface area contributed by atoms with Gasteiger partial charge in [0, 0.05) is 32.0 Å². The van der Waals surface area contributed by atoms with Crippen molar-refractivity contribution in [1.82, 2.24) is 20.4 Å². The number of halogens is 1. The number of nitrogens with zero attached hydrogens (tertiary/aromatic N) is 3. The zero-order valence-electron chi connectivity index (χ0n) is 12.7. The van der Waals surface area contributed by atoms with Crippen LogP contribution in [0.15, 0.2) is 47.7 Å². The fraction of sp³-hybridized carbons (Fsp3) is 0.375. The Labute approximate surface area is 148 Å². The maximum atomic E-state index is 4.27. The molecule has 0 radical (unpaired) electrons. The molecule has 1 aromatic carbocycles. The van der Waals surface area contributed by atoms with E-state index in [0.29, 0.717) is 6.04 Å². The zero-order chi connectivity index (χ0) is 14.5. The van der Waals surface area contributed by atoms with Gasteiger partial charge < -0.3 is 10.6 Å². The highest BCUT2D eigenvalue weighted by molar-refractivity contribution is 14.0. The van der Waals surface area contributed by atoms with Gasteiger partial charge in [0.25, 0.3) is 0 Å². The van der Waals surface area contributed by atoms with Gasteiger partial charge in [0.05, 0.1) is 6.54 Å². The Kier molecular flexibility index (Phi) is 6.23. The lowest BCUT2D eigenvalue weighted by Gasteiger charge is -2.14. The second-order valence-corrected chi connectivity index (χ2v) is 5.32. The molecular weight excluding hydrogens is 389 g/mol. The zero-order valence-corrected chi connectivity index (χ0v) is 15.0. The maximum absolute atomic E-state index is 4.27. The Morgan fingerprint density at radius 1 is 1.27 bits per heavy atom. The maximum Gasteiger partial charge on any atom is 0.191 e. The molecule has 118 valence electrons. The van der Waals surface area contributed by atoms with Gasteiger partial charge in [0.2, 0.25) is 0 Å². The second-order valence-electron chi connectivity index (χ2n) is 5.32. The topological polar surface area (TPSA) is 54.2 Å². The Hall–Kier alpha value is -1.57. The third-order valence-corrected chi connectivity index (χ3v) is 3.60. The predicted molar refractivity (Wildman–Crippen MR) is 99.5 cm³/mol. The number of guanidine groups is 1. The molecule has 3 rings (SSSR count). The molecule has 0 spiro atoms. The van der Waals surface area contributed by atoms with Gasteiger partial charge in [0.1, 0.15) is 0 Å². The van der Waals surface area contributed by atoms with Gasteiger partial charge in [-0.1, -0.05) is 24.3 Å². The van der Waals surface area contributed by atoms with Gasteiger partial charge in [-0.2, -0.15) is 5.10 Å². The van der Waals surface area contributed by atoms with Crippen LogP contribution in [0.5, 0.6) is 0 Å². The summed E-state index contributed by atoms with van der Waals surface area (Å²) in [5, 5.41) is 11.1. The highest BCUT2D eigenvalue weighted by atomic mass is 127. The van der Waals surface area contributed by atoms with E-state index in [2.05, 4.69) is 45.0 Å². The van der Waals surface area contributed by atoms with E-state index in [1.54, 1.807) is 0 Å². The van der Waals surface area contributed by atoms with E-state index >= 15 is 0 Å². The lowest BCUT2D eigenvalue weighted by atomic mass is 10.1. The molecular formula is C16H22IN5. The Morgan fingerprint density at radius 2 is 2.05 bits per heavy atom. The molecule has 2 N–H and O–H groups in total. The number of hydrogen-bond donors (Lipinski definition) is 2. The van der Waals surface area contributed by atoms with Crippen LogP contribution in [0.2, 0.25) is 0 Å². The molecule has 1 aliphatic carbocycles. The summed E-state index contributed by atoms with van der Waals surface area (Å²) in [4.78, 5) is 4.27. The van der Waals surface area contributed by atoms with E-state index in [4.69, 9.17) is 0 Å². The standard InChI is InChI=1S/C16H21N5.HI/c1-17-16(20-15-7-8-15)18-11-13-5-2-3-6-14(13)12-21-10-4-9-19-21;/h2-6,9-10,15H,7-8,11-12H2,1H3,(H2,17,18,20);1H. The lowest BCUT2D eigenvalue weighted by Crippen LogP contribution is -2.38. The number of benzene rings is 1. The van der Waals surface area contributed by atoms with Crippen LogP contribution >= 0.6 is 24.0 Å². The van der Waals surface area contributed by atoms with Crippen LogP contribution in [0, 0.1) is 0 Å². The molecule has 1 saturated carbocycles. The molecule has 6 heteroatoms. The van der Waals surface area contributed by atoms with Crippen LogP contribution in [-0.2, 0) is 13.1 Å². The molecule has 1 heterocycles. The molecule has 0 unspecified atom stereocenters. The predicted octanol–water partition coefficient (Wildman–Crippen LogP) is 2.38. The summed E-state index contributed by atoms with van der Waals surface area (Å²) in [5.74, 6) is 0.881. The van der Waals surface area contributed by atoms with Gasteiger partial charge >= 0.3 is 0 Å². The van der Waals surface area contributed by atoms with Crippen molar-refractivity contribution >= 4 is 29.9 Å². The second kappa shape index (κ2) is 8.17. The quantitative estimate of drug-likeness (QED) is 0.452. The van der Waals surface area contributed by atoms with E-state index in [1.165, 1.54) is 24.0 Å². The summed E-state index contributed by atoms with van der Waals surface area (Å²) in [6.07, 6.45) is 6.28. The summed E-state index contributed by atoms with van der Waals surface area (Å²) in [6, 6.07) is 11.0. The number of rotatable bonds is 5. The average Bonchev–Trinajstić information content (AvgIpc) is 3.19. The van der Waals surface area contributed by atoms with E-state index in [-0.39, 0.29) is 24.0 Å². The Bertz CT molecular complexity index is 605. The first-order valence-electron chi connectivity index (χ1n) is 7.36. The van der Waals surface area contributed by atoms with E-state index in [0.717, 1.165) is 19.0 Å². The summed E-state index contributed by atoms with van der Waals surface area (Å²) in [6.45, 7) is 1.56. The number of hydrogen-bond acceptors (Lipinski definition) is 2. The van der Waals surface area contributed by atoms with Crippen molar-refractivity contribution in [3.05, 3.63) is 53.9 Å². The van der Waals surface area contributed by atoms with Gasteiger partial charge in [-0.25, -0.2) is 0 Å². The number of nitrogens with one attached hydrogen (secondary N) is 2. The van der Waals surface area contributed by atoms with Crippen LogP contribution in [0.1, 0.15) is 24.0 Å². The lowest BCUT2D eigenvalue weighted by molar-refractivity contribution is 0.677. The minimum atomic E-state index is 0. The first-order valence-corrected chi connectivity index (χ1v) is 7.36. The van der Waals surface area contributed by atoms with Crippen molar-refractivity contribution in [1.29, 1.82) is 0 Å². The van der Waals surface area contributed by atoms with Crippen LogP contribution in [0.25, 0.3) is 0 Å². The van der Waals surface area contributed by atoms with Crippen molar-refractivity contribution in [2.45, 2.75) is 32.0 Å². The molecule has 1 fully saturated rings. The molecule has 0 atom stereocenters. The first-order chi connectivity index (χ1) is 10.3. The summed E-state index contributed by atoms with van der Waals surface area (Å²) >= 11 is 0. The largest absolute Gasteiger partial charge is 0.354 e. The van der Waals surface area contributed by atoms with Crippen LogP contribution in [0.3, 0.4) is 0 Å². The highest BCUT2D eigenvalue weighted by Gasteiger charge is 2.22. The monoisotopic (exact) mass is 411 g/mol. The molecule has 22 heavy (non-hydrogen) atoms. The van der Waals surface area contributed by atoms with Gasteiger partial charge in [-0.3, -0.25) is 9.67 Å². The van der Waals surface area contributed by atoms with E-state index in [1.807, 2.05) is 30.2 Å². The molecule has 0 amide bonds. The van der Waals surface area contributed by atoms with Crippen LogP contribution in [-0.4, -0.2) is 28.8 Å². The van der Waals surface area contributed by atoms with Crippen LogP contribution < -0.4 is 10.6 Å². The molecule has 5 nitrogen and oxygen atoms in total. The van der Waals surface area contributed by atoms with Gasteiger partial charge in [-0.15, -0.1) is 24.0 Å². The van der Waals surface area contributed by atoms with Gasteiger partial charge in [-0.05, 0) is 30.0 Å². The fourth-order valence-electron chi connectivity index (χ4n) is 2.25. The molecule has 1 aromatic heterocycles. The van der Waals surface area contributed by atoms with Crippen molar-refractivity contribution < 1.29 is 0 Å². The average molecular weight is 411 g/mol. The fourth-order valence-corrected chi connectivity index (χ4v) is 2.25. The van der Waals surface area contributed by atoms with Gasteiger partial charge in [0.15, 0.2) is 5.96 Å². The summed E-state index contributed by atoms with van der Waals surface area (Å²) in [5.41, 5.74) is 2.54. The smallest absolute Gasteiger partial charge is 0.191 e. The first kappa shape index (κ1) is 16.8. The Morgan fingerprint density at radius 3 is 2.68 bits per heavy atom. The number of aromatic nitrogens is 2. The van der Waals surface area contributed by atoms with Crippen molar-refractivity contribution in [3.63, 3.8) is 0 Å². The van der Waals surface area contributed by atoms with Crippen molar-refractivity contribution in [2.75, 3.05) is 7.05 Å². The normalized spacial score (nSPS) is 14.3. The van der Waals surface area contributed by atoms with Crippen molar-refractivity contribution in [3.8, 4) is 0 Å². The highest BCUT2D eigenvalue weighted by Crippen LogP contribution is 2.18. The number of aliphatic imine (C=N–C) groups is 1. The molecule has 0 aliphatic heterocycles.